The minimum Gasteiger partial charge on any atom is -0.451 e. The third kappa shape index (κ3) is 4.85. The van der Waals surface area contributed by atoms with Crippen molar-refractivity contribution in [1.82, 2.24) is 19.8 Å². The number of thioether (sulfide) groups is 1. The van der Waals surface area contributed by atoms with Crippen molar-refractivity contribution in [2.75, 3.05) is 6.61 Å². The van der Waals surface area contributed by atoms with Crippen LogP contribution in [0.25, 0.3) is 0 Å². The number of β-lactam (4-membered cyclic amide) rings is 1. The summed E-state index contributed by atoms with van der Waals surface area (Å²) in [5, 5.41) is 3.69. The number of nitrogens with one attached hydrogen (secondary N) is 1. The lowest BCUT2D eigenvalue weighted by atomic mass is 9.97. The average Bonchev–Trinajstić information content (AvgIpc) is 3.49. The van der Waals surface area contributed by atoms with Crippen LogP contribution in [0.5, 0.6) is 0 Å². The third-order valence-corrected chi connectivity index (χ3v) is 7.27. The number of rotatable bonds is 8. The predicted octanol–water partition coefficient (Wildman–Crippen LogP) is 2.48. The van der Waals surface area contributed by atoms with Gasteiger partial charge in [0.15, 0.2) is 12.1 Å². The largest absolute Gasteiger partial charge is 0.451 e. The van der Waals surface area contributed by atoms with Crippen LogP contribution in [-0.2, 0) is 23.9 Å². The molecule has 2 aliphatic heterocycles. The van der Waals surface area contributed by atoms with E-state index in [9.17, 15) is 19.2 Å². The van der Waals surface area contributed by atoms with Crippen molar-refractivity contribution in [1.29, 1.82) is 0 Å². The summed E-state index contributed by atoms with van der Waals surface area (Å²) in [4.78, 5) is 55.2. The Hall–Kier alpha value is -4.38. The molecule has 1 N–H and O–H groups in total. The van der Waals surface area contributed by atoms with Crippen LogP contribution in [0, 0.1) is 0 Å². The van der Waals surface area contributed by atoms with Crippen molar-refractivity contribution in [3.8, 4) is 0 Å². The number of imidazole rings is 1. The van der Waals surface area contributed by atoms with Crippen LogP contribution in [0.1, 0.15) is 17.2 Å². The molecule has 1 saturated heterocycles. The zero-order valence-corrected chi connectivity index (χ0v) is 20.2. The van der Waals surface area contributed by atoms with Crippen LogP contribution in [0.4, 0.5) is 4.79 Å². The van der Waals surface area contributed by atoms with Gasteiger partial charge in [-0.25, -0.2) is 19.1 Å². The smallest absolute Gasteiger partial charge is 0.419 e. The average molecular weight is 519 g/mol. The molecule has 188 valence electrons. The highest BCUT2D eigenvalue weighted by molar-refractivity contribution is 8.02. The fourth-order valence-corrected chi connectivity index (χ4v) is 5.48. The van der Waals surface area contributed by atoms with E-state index in [0.29, 0.717) is 12.0 Å². The van der Waals surface area contributed by atoms with Crippen LogP contribution in [0.2, 0.25) is 0 Å². The van der Waals surface area contributed by atoms with Crippen molar-refractivity contribution < 1.29 is 28.7 Å². The van der Waals surface area contributed by atoms with E-state index in [0.717, 1.165) is 15.7 Å². The molecule has 2 aliphatic rings. The number of aromatic nitrogens is 2. The van der Waals surface area contributed by atoms with Gasteiger partial charge in [0.05, 0.1) is 0 Å². The molecule has 1 aromatic heterocycles. The molecule has 0 radical (unpaired) electrons. The maximum Gasteiger partial charge on any atom is 0.419 e. The first kappa shape index (κ1) is 24.3. The summed E-state index contributed by atoms with van der Waals surface area (Å²) in [6, 6.07) is 16.7. The van der Waals surface area contributed by atoms with Crippen LogP contribution in [-0.4, -0.2) is 62.9 Å². The number of hydrogen-bond acceptors (Lipinski definition) is 8. The second-order valence-electron chi connectivity index (χ2n) is 8.29. The summed E-state index contributed by atoms with van der Waals surface area (Å²) in [7, 11) is 0. The highest BCUT2D eigenvalue weighted by Crippen LogP contribution is 2.41. The molecule has 37 heavy (non-hydrogen) atoms. The number of fused-ring (bicyclic) bond motifs is 1. The predicted molar refractivity (Wildman–Crippen MR) is 133 cm³/mol. The maximum absolute atomic E-state index is 13.7. The first-order valence-corrected chi connectivity index (χ1v) is 12.3. The second kappa shape index (κ2) is 10.7. The van der Waals surface area contributed by atoms with Gasteiger partial charge in [-0.15, -0.1) is 11.8 Å². The molecular weight excluding hydrogens is 496 g/mol. The van der Waals surface area contributed by atoms with Crippen LogP contribution in [0.3, 0.4) is 0 Å². The second-order valence-corrected chi connectivity index (χ2v) is 9.28. The number of ether oxygens (including phenoxy) is 2. The van der Waals surface area contributed by atoms with Gasteiger partial charge in [0.25, 0.3) is 0 Å². The SMILES string of the molecule is O=CN[C@@H]1C(=O)N2C(C(=O)OC(c3ccccc3)c3ccccc3)C(COC(=O)n3ccnc3)=CS[C@H]12. The van der Waals surface area contributed by atoms with Crippen LogP contribution >= 0.6 is 11.8 Å². The molecule has 11 heteroatoms. The number of carbonyl (C=O) groups is 4. The van der Waals surface area contributed by atoms with E-state index in [4.69, 9.17) is 9.47 Å². The molecule has 10 nitrogen and oxygen atoms in total. The van der Waals surface area contributed by atoms with E-state index in [1.54, 1.807) is 5.41 Å². The Kier molecular flexibility index (Phi) is 7.04. The van der Waals surface area contributed by atoms with Crippen molar-refractivity contribution in [3.63, 3.8) is 0 Å². The van der Waals surface area contributed by atoms with Gasteiger partial charge >= 0.3 is 12.1 Å². The van der Waals surface area contributed by atoms with Crippen molar-refractivity contribution in [2.45, 2.75) is 23.6 Å². The summed E-state index contributed by atoms with van der Waals surface area (Å²) in [6.45, 7) is -0.243. The van der Waals surface area contributed by atoms with Crippen molar-refractivity contribution in [2.24, 2.45) is 0 Å². The molecule has 2 amide bonds. The van der Waals surface area contributed by atoms with Crippen LogP contribution in [0.15, 0.2) is 90.4 Å². The zero-order chi connectivity index (χ0) is 25.8. The molecular formula is C26H22N4O6S. The zero-order valence-electron chi connectivity index (χ0n) is 19.4. The number of benzene rings is 2. The molecule has 3 aromatic rings. The normalized spacial score (nSPS) is 20.4. The molecule has 3 atom stereocenters. The van der Waals surface area contributed by atoms with E-state index in [1.165, 1.54) is 35.4 Å². The van der Waals surface area contributed by atoms with E-state index >= 15 is 0 Å². The van der Waals surface area contributed by atoms with Crippen molar-refractivity contribution in [3.05, 3.63) is 101 Å². The van der Waals surface area contributed by atoms with Gasteiger partial charge in [0, 0.05) is 18.0 Å². The molecule has 3 heterocycles. The van der Waals surface area contributed by atoms with Gasteiger partial charge in [-0.3, -0.25) is 9.59 Å². The Bertz CT molecular complexity index is 1280. The lowest BCUT2D eigenvalue weighted by molar-refractivity contribution is -0.165. The lowest BCUT2D eigenvalue weighted by Gasteiger charge is -2.51. The summed E-state index contributed by atoms with van der Waals surface area (Å²) >= 11 is 1.26. The summed E-state index contributed by atoms with van der Waals surface area (Å²) < 4.78 is 12.6. The minimum atomic E-state index is -1.13. The lowest BCUT2D eigenvalue weighted by Crippen LogP contribution is -2.73. The maximum atomic E-state index is 13.7. The monoisotopic (exact) mass is 518 g/mol. The van der Waals surface area contributed by atoms with E-state index in [-0.39, 0.29) is 6.61 Å². The van der Waals surface area contributed by atoms with E-state index in [1.807, 2.05) is 60.7 Å². The van der Waals surface area contributed by atoms with Gasteiger partial charge in [0.1, 0.15) is 24.3 Å². The van der Waals surface area contributed by atoms with Gasteiger partial charge in [-0.1, -0.05) is 60.7 Å². The number of hydrogen-bond donors (Lipinski definition) is 1. The molecule has 0 aliphatic carbocycles. The summed E-state index contributed by atoms with van der Waals surface area (Å²) in [5.41, 5.74) is 1.91. The molecule has 2 aromatic carbocycles. The first-order valence-electron chi connectivity index (χ1n) is 11.4. The number of esters is 1. The Morgan fingerprint density at radius 1 is 1.08 bits per heavy atom. The standard InChI is InChI=1S/C26H22N4O6S/c31-16-28-20-23(32)30-21(19(14-37-24(20)30)13-35-26(34)29-12-11-27-15-29)25(33)36-22(17-7-3-1-4-8-17)18-9-5-2-6-10-18/h1-12,14-16,20-22,24H,13H2,(H,28,31)/t20-,21?,24-/m1/s1. The molecule has 0 spiro atoms. The summed E-state index contributed by atoms with van der Waals surface area (Å²) in [5.74, 6) is -1.10. The Morgan fingerprint density at radius 2 is 1.76 bits per heavy atom. The number of carbonyl (C=O) groups excluding carboxylic acids is 4. The summed E-state index contributed by atoms with van der Waals surface area (Å²) in [6.07, 6.45) is 3.23. The molecule has 1 unspecified atom stereocenters. The van der Waals surface area contributed by atoms with Gasteiger partial charge in [0.2, 0.25) is 12.3 Å². The fraction of sp³-hybridized carbons (Fsp3) is 0.192. The van der Waals surface area contributed by atoms with E-state index < -0.39 is 41.5 Å². The van der Waals surface area contributed by atoms with Crippen molar-refractivity contribution >= 4 is 36.1 Å². The molecule has 0 saturated carbocycles. The Labute approximate surface area is 216 Å². The Balaban J connectivity index is 1.42. The van der Waals surface area contributed by atoms with E-state index in [2.05, 4.69) is 10.3 Å². The number of amides is 2. The van der Waals surface area contributed by atoms with Gasteiger partial charge < -0.3 is 19.7 Å². The van der Waals surface area contributed by atoms with Gasteiger partial charge in [-0.05, 0) is 16.5 Å². The first-order chi connectivity index (χ1) is 18.1. The number of nitrogens with zero attached hydrogens (tertiary/aromatic N) is 3. The highest BCUT2D eigenvalue weighted by atomic mass is 32.2. The Morgan fingerprint density at radius 3 is 2.35 bits per heavy atom. The molecule has 0 bridgehead atoms. The molecule has 5 rings (SSSR count). The third-order valence-electron chi connectivity index (χ3n) is 6.06. The quantitative estimate of drug-likeness (QED) is 0.274. The van der Waals surface area contributed by atoms with Crippen LogP contribution < -0.4 is 5.32 Å². The van der Waals surface area contributed by atoms with Gasteiger partial charge in [-0.2, -0.15) is 0 Å². The highest BCUT2D eigenvalue weighted by Gasteiger charge is 2.56. The molecule has 1 fully saturated rings. The minimum absolute atomic E-state index is 0.243. The fourth-order valence-electron chi connectivity index (χ4n) is 4.26. The topological polar surface area (TPSA) is 120 Å².